The number of aryl methyl sites for hydroxylation is 2. The van der Waals surface area contributed by atoms with Gasteiger partial charge in [0.2, 0.25) is 5.95 Å². The van der Waals surface area contributed by atoms with Crippen LogP contribution in [0.1, 0.15) is 66.2 Å². The molecule has 1 saturated carbocycles. The Morgan fingerprint density at radius 1 is 1.26 bits per heavy atom. The fourth-order valence-corrected chi connectivity index (χ4v) is 5.52. The van der Waals surface area contributed by atoms with Crippen LogP contribution in [0.4, 0.5) is 9.18 Å². The first kappa shape index (κ1) is 25.6. The topological polar surface area (TPSA) is 77.6 Å². The fraction of sp³-hybridized carbons (Fsp3) is 0.577. The number of aromatic nitrogens is 1. The lowest BCUT2D eigenvalue weighted by Crippen LogP contribution is -2.52. The number of piperidine rings is 1. The standard InChI is InChI=1S/C26H36FN5O2S/c1-17-14-23(27)29-19(3)24(17)25(33)28-10-6-18(2)31-11-7-22(8-12-31)32(15-20-9-13-35-16-20)26(34)30-21-4-5-21/h9,13-14,16,18,21-22H,4-8,10-12,15H2,1-3H3,(H,28,33)(H,30,34). The van der Waals surface area contributed by atoms with Crippen LogP contribution in [-0.2, 0) is 6.54 Å². The van der Waals surface area contributed by atoms with E-state index in [1.165, 1.54) is 11.6 Å². The lowest BCUT2D eigenvalue weighted by Gasteiger charge is -2.40. The molecule has 35 heavy (non-hydrogen) atoms. The molecule has 2 aromatic heterocycles. The zero-order chi connectivity index (χ0) is 24.9. The molecule has 1 saturated heterocycles. The van der Waals surface area contributed by atoms with Crippen molar-refractivity contribution in [1.82, 2.24) is 25.4 Å². The van der Waals surface area contributed by atoms with Crippen molar-refractivity contribution in [3.8, 4) is 0 Å². The number of nitrogens with zero attached hydrogens (tertiary/aromatic N) is 3. The fourth-order valence-electron chi connectivity index (χ4n) is 4.86. The van der Waals surface area contributed by atoms with Crippen LogP contribution in [0, 0.1) is 19.8 Å². The molecular formula is C26H36FN5O2S. The van der Waals surface area contributed by atoms with E-state index in [4.69, 9.17) is 0 Å². The van der Waals surface area contributed by atoms with Crippen molar-refractivity contribution in [1.29, 1.82) is 0 Å². The van der Waals surface area contributed by atoms with E-state index in [0.717, 1.165) is 45.2 Å². The third-order valence-electron chi connectivity index (χ3n) is 7.10. The lowest BCUT2D eigenvalue weighted by atomic mass is 10.0. The van der Waals surface area contributed by atoms with E-state index < -0.39 is 5.95 Å². The number of halogens is 1. The van der Waals surface area contributed by atoms with Crippen LogP contribution in [-0.4, -0.2) is 64.5 Å². The van der Waals surface area contributed by atoms with Crippen molar-refractivity contribution < 1.29 is 14.0 Å². The van der Waals surface area contributed by atoms with E-state index in [9.17, 15) is 14.0 Å². The van der Waals surface area contributed by atoms with E-state index >= 15 is 0 Å². The number of carbonyl (C=O) groups excluding carboxylic acids is 2. The van der Waals surface area contributed by atoms with Crippen LogP contribution in [0.25, 0.3) is 0 Å². The smallest absolute Gasteiger partial charge is 0.318 e. The summed E-state index contributed by atoms with van der Waals surface area (Å²) in [5, 5.41) is 10.3. The Morgan fingerprint density at radius 2 is 2.00 bits per heavy atom. The van der Waals surface area contributed by atoms with Gasteiger partial charge in [-0.1, -0.05) is 0 Å². The van der Waals surface area contributed by atoms with Crippen molar-refractivity contribution in [2.75, 3.05) is 19.6 Å². The molecule has 0 radical (unpaired) electrons. The minimum atomic E-state index is -0.563. The number of hydrogen-bond acceptors (Lipinski definition) is 5. The highest BCUT2D eigenvalue weighted by atomic mass is 32.1. The van der Waals surface area contributed by atoms with E-state index in [2.05, 4.69) is 44.3 Å². The molecule has 0 spiro atoms. The van der Waals surface area contributed by atoms with Crippen LogP contribution < -0.4 is 10.6 Å². The second-order valence-corrected chi connectivity index (χ2v) is 10.6. The largest absolute Gasteiger partial charge is 0.352 e. The highest BCUT2D eigenvalue weighted by Crippen LogP contribution is 2.24. The van der Waals surface area contributed by atoms with Crippen molar-refractivity contribution in [2.24, 2.45) is 0 Å². The van der Waals surface area contributed by atoms with Gasteiger partial charge in [0, 0.05) is 44.3 Å². The number of carbonyl (C=O) groups is 2. The molecule has 2 N–H and O–H groups in total. The van der Waals surface area contributed by atoms with Crippen LogP contribution in [0.3, 0.4) is 0 Å². The first-order valence-corrected chi connectivity index (χ1v) is 13.5. The second kappa shape index (κ2) is 11.5. The zero-order valence-corrected chi connectivity index (χ0v) is 21.7. The Labute approximate surface area is 211 Å². The van der Waals surface area contributed by atoms with Crippen molar-refractivity contribution in [3.63, 3.8) is 0 Å². The zero-order valence-electron chi connectivity index (χ0n) is 20.8. The van der Waals surface area contributed by atoms with E-state index in [0.29, 0.717) is 42.0 Å². The third-order valence-corrected chi connectivity index (χ3v) is 7.84. The van der Waals surface area contributed by atoms with Gasteiger partial charge in [0.1, 0.15) is 0 Å². The molecule has 3 amide bonds. The number of thiophene rings is 1. The van der Waals surface area contributed by atoms with Crippen LogP contribution in [0.2, 0.25) is 0 Å². The minimum absolute atomic E-state index is 0.0637. The number of hydrogen-bond donors (Lipinski definition) is 2. The molecule has 2 fully saturated rings. The van der Waals surface area contributed by atoms with Gasteiger partial charge in [0.15, 0.2) is 0 Å². The molecule has 2 aliphatic rings. The Bertz CT molecular complexity index is 996. The van der Waals surface area contributed by atoms with Gasteiger partial charge >= 0.3 is 6.03 Å². The maximum Gasteiger partial charge on any atom is 0.318 e. The van der Waals surface area contributed by atoms with Gasteiger partial charge in [-0.2, -0.15) is 15.7 Å². The van der Waals surface area contributed by atoms with Crippen molar-refractivity contribution >= 4 is 23.3 Å². The number of amides is 3. The SMILES string of the molecule is Cc1cc(F)nc(C)c1C(=O)NCCC(C)N1CCC(N(Cc2ccsc2)C(=O)NC2CC2)CC1. The molecule has 7 nitrogen and oxygen atoms in total. The van der Waals surface area contributed by atoms with Gasteiger partial charge in [0.25, 0.3) is 5.91 Å². The summed E-state index contributed by atoms with van der Waals surface area (Å²) in [5.74, 6) is -0.767. The average Bonchev–Trinajstić information content (AvgIpc) is 3.47. The maximum absolute atomic E-state index is 13.4. The third kappa shape index (κ3) is 6.79. The van der Waals surface area contributed by atoms with Gasteiger partial charge in [0.05, 0.1) is 11.3 Å². The summed E-state index contributed by atoms with van der Waals surface area (Å²) in [6.07, 6.45) is 4.88. The van der Waals surface area contributed by atoms with Gasteiger partial charge in [-0.15, -0.1) is 0 Å². The molecule has 4 rings (SSSR count). The normalized spacial score (nSPS) is 17.7. The van der Waals surface area contributed by atoms with Gasteiger partial charge in [-0.25, -0.2) is 9.78 Å². The average molecular weight is 502 g/mol. The summed E-state index contributed by atoms with van der Waals surface area (Å²) in [6.45, 7) is 8.63. The first-order valence-electron chi connectivity index (χ1n) is 12.6. The van der Waals surface area contributed by atoms with Crippen molar-refractivity contribution in [3.05, 3.63) is 51.2 Å². The molecule has 3 heterocycles. The number of rotatable bonds is 9. The minimum Gasteiger partial charge on any atom is -0.352 e. The van der Waals surface area contributed by atoms with Crippen LogP contribution in [0.15, 0.2) is 22.9 Å². The van der Waals surface area contributed by atoms with E-state index in [1.54, 1.807) is 25.2 Å². The molecule has 1 unspecified atom stereocenters. The summed E-state index contributed by atoms with van der Waals surface area (Å²) in [4.78, 5) is 33.8. The summed E-state index contributed by atoms with van der Waals surface area (Å²) in [7, 11) is 0. The van der Waals surface area contributed by atoms with E-state index in [1.807, 2.05) is 4.90 Å². The molecule has 1 atom stereocenters. The lowest BCUT2D eigenvalue weighted by molar-refractivity contribution is 0.0903. The first-order chi connectivity index (χ1) is 16.8. The highest BCUT2D eigenvalue weighted by molar-refractivity contribution is 7.07. The number of pyridine rings is 1. The van der Waals surface area contributed by atoms with Gasteiger partial charge in [-0.3, -0.25) is 4.79 Å². The van der Waals surface area contributed by atoms with Crippen LogP contribution >= 0.6 is 11.3 Å². The Hall–Kier alpha value is -2.52. The molecule has 1 aliphatic heterocycles. The summed E-state index contributed by atoms with van der Waals surface area (Å²) in [5.41, 5.74) is 2.65. The summed E-state index contributed by atoms with van der Waals surface area (Å²) >= 11 is 1.66. The van der Waals surface area contributed by atoms with E-state index in [-0.39, 0.29) is 18.0 Å². The predicted molar refractivity (Wildman–Crippen MR) is 136 cm³/mol. The molecule has 0 bridgehead atoms. The number of urea groups is 1. The number of nitrogens with one attached hydrogen (secondary N) is 2. The molecule has 9 heteroatoms. The predicted octanol–water partition coefficient (Wildman–Crippen LogP) is 4.25. The molecule has 0 aromatic carbocycles. The number of likely N-dealkylation sites (tertiary alicyclic amines) is 1. The molecule has 1 aliphatic carbocycles. The Kier molecular flexibility index (Phi) is 8.38. The second-order valence-electron chi connectivity index (χ2n) is 9.87. The Morgan fingerprint density at radius 3 is 2.63 bits per heavy atom. The monoisotopic (exact) mass is 501 g/mol. The van der Waals surface area contributed by atoms with Gasteiger partial charge < -0.3 is 20.4 Å². The van der Waals surface area contributed by atoms with Crippen molar-refractivity contribution in [2.45, 2.75) is 77.5 Å². The highest BCUT2D eigenvalue weighted by Gasteiger charge is 2.32. The molecule has 2 aromatic rings. The Balaban J connectivity index is 1.25. The van der Waals surface area contributed by atoms with Crippen LogP contribution in [0.5, 0.6) is 0 Å². The van der Waals surface area contributed by atoms with Gasteiger partial charge in [-0.05, 0) is 86.9 Å². The maximum atomic E-state index is 13.4. The molecular weight excluding hydrogens is 465 g/mol. The summed E-state index contributed by atoms with van der Waals surface area (Å²) in [6, 6.07) is 4.35. The quantitative estimate of drug-likeness (QED) is 0.504. The molecule has 190 valence electrons. The summed E-state index contributed by atoms with van der Waals surface area (Å²) < 4.78 is 13.4.